The zero-order chi connectivity index (χ0) is 13.0. The Kier molecular flexibility index (Phi) is 5.03. The van der Waals surface area contributed by atoms with E-state index in [0.29, 0.717) is 0 Å². The second-order valence-electron chi connectivity index (χ2n) is 4.22. The van der Waals surface area contributed by atoms with Crippen LogP contribution in [-0.4, -0.2) is 0 Å². The molecular formula is C15H15ClIN. The first-order valence-electron chi connectivity index (χ1n) is 5.87. The van der Waals surface area contributed by atoms with Gasteiger partial charge in [0, 0.05) is 9.61 Å². The quantitative estimate of drug-likeness (QED) is 0.459. The molecule has 1 nitrogen and oxygen atoms in total. The minimum atomic E-state index is -0.171. The predicted molar refractivity (Wildman–Crippen MR) is 85.7 cm³/mol. The van der Waals surface area contributed by atoms with E-state index in [1.165, 1.54) is 9.13 Å². The molecule has 18 heavy (non-hydrogen) atoms. The summed E-state index contributed by atoms with van der Waals surface area (Å²) in [5.41, 5.74) is 2.18. The van der Waals surface area contributed by atoms with Crippen LogP contribution in [0.5, 0.6) is 0 Å². The molecule has 94 valence electrons. The lowest BCUT2D eigenvalue weighted by molar-refractivity contribution is 0.559. The summed E-state index contributed by atoms with van der Waals surface area (Å²) in [6, 6.07) is 18.8. The van der Waals surface area contributed by atoms with E-state index in [1.54, 1.807) is 0 Å². The fraction of sp³-hybridized carbons (Fsp3) is 0.200. The van der Waals surface area contributed by atoms with E-state index in [1.807, 2.05) is 30.3 Å². The molecule has 0 saturated carbocycles. The first kappa shape index (κ1) is 13.8. The fourth-order valence-electron chi connectivity index (χ4n) is 1.82. The highest BCUT2D eigenvalue weighted by atomic mass is 127. The Labute approximate surface area is 127 Å². The number of hydrogen-bond acceptors (Lipinski definition) is 1. The van der Waals surface area contributed by atoms with Gasteiger partial charge in [0.05, 0.1) is 0 Å². The summed E-state index contributed by atoms with van der Waals surface area (Å²) in [6.07, 6.45) is 0. The van der Waals surface area contributed by atoms with Gasteiger partial charge in [-0.15, -0.1) is 11.6 Å². The molecule has 0 aliphatic heterocycles. The van der Waals surface area contributed by atoms with Crippen molar-refractivity contribution in [2.45, 2.75) is 18.5 Å². The Balaban J connectivity index is 2.05. The van der Waals surface area contributed by atoms with Crippen LogP contribution < -0.4 is 5.32 Å². The molecule has 2 atom stereocenters. The third kappa shape index (κ3) is 3.70. The molecule has 0 radical (unpaired) electrons. The molecule has 0 amide bonds. The topological polar surface area (TPSA) is 12.0 Å². The molecule has 0 aliphatic rings. The lowest BCUT2D eigenvalue weighted by atomic mass is 10.1. The van der Waals surface area contributed by atoms with Gasteiger partial charge in [0.25, 0.3) is 0 Å². The third-order valence-electron chi connectivity index (χ3n) is 2.84. The van der Waals surface area contributed by atoms with Crippen molar-refractivity contribution in [2.75, 3.05) is 0 Å². The Morgan fingerprint density at radius 3 is 2.33 bits per heavy atom. The fourth-order valence-corrected chi connectivity index (χ4v) is 2.71. The van der Waals surface area contributed by atoms with Gasteiger partial charge >= 0.3 is 0 Å². The average Bonchev–Trinajstić information content (AvgIpc) is 2.39. The zero-order valence-corrected chi connectivity index (χ0v) is 13.0. The number of halogens is 2. The van der Waals surface area contributed by atoms with Crippen molar-refractivity contribution in [2.24, 2.45) is 0 Å². The van der Waals surface area contributed by atoms with Gasteiger partial charge in [0.15, 0.2) is 0 Å². The van der Waals surface area contributed by atoms with Crippen molar-refractivity contribution < 1.29 is 0 Å². The van der Waals surface area contributed by atoms with E-state index >= 15 is 0 Å². The van der Waals surface area contributed by atoms with Crippen LogP contribution >= 0.6 is 34.2 Å². The highest BCUT2D eigenvalue weighted by molar-refractivity contribution is 14.1. The summed E-state index contributed by atoms with van der Waals surface area (Å²) in [7, 11) is 0. The number of rotatable bonds is 4. The standard InChI is InChI=1S/C15H15ClIN/c1-11(12-6-3-2-4-7-12)18-15(16)13-8-5-9-14(17)10-13/h2-11,15,18H,1H3/t11?,15-/m0/s1. The second kappa shape index (κ2) is 6.55. The van der Waals surface area contributed by atoms with E-state index in [9.17, 15) is 0 Å². The molecule has 0 spiro atoms. The van der Waals surface area contributed by atoms with Crippen molar-refractivity contribution in [1.29, 1.82) is 0 Å². The number of alkyl halides is 1. The van der Waals surface area contributed by atoms with Crippen LogP contribution in [0.2, 0.25) is 0 Å². The molecule has 0 saturated heterocycles. The first-order chi connectivity index (χ1) is 8.66. The lowest BCUT2D eigenvalue weighted by Gasteiger charge is -2.19. The average molecular weight is 372 g/mol. The van der Waals surface area contributed by atoms with Crippen LogP contribution in [0.3, 0.4) is 0 Å². The molecule has 3 heteroatoms. The summed E-state index contributed by atoms with van der Waals surface area (Å²) >= 11 is 8.71. The molecule has 1 N–H and O–H groups in total. The van der Waals surface area contributed by atoms with Crippen molar-refractivity contribution in [3.8, 4) is 0 Å². The van der Waals surface area contributed by atoms with Crippen LogP contribution in [0.1, 0.15) is 29.6 Å². The maximum atomic E-state index is 6.41. The number of nitrogens with one attached hydrogen (secondary N) is 1. The molecule has 0 aromatic heterocycles. The highest BCUT2D eigenvalue weighted by Gasteiger charge is 2.12. The van der Waals surface area contributed by atoms with Crippen LogP contribution in [0, 0.1) is 3.57 Å². The van der Waals surface area contributed by atoms with Crippen molar-refractivity contribution >= 4 is 34.2 Å². The van der Waals surface area contributed by atoms with Gasteiger partial charge in [-0.05, 0) is 52.8 Å². The number of benzene rings is 2. The molecule has 2 aromatic rings. The maximum absolute atomic E-state index is 6.41. The Bertz CT molecular complexity index is 501. The molecule has 0 heterocycles. The smallest absolute Gasteiger partial charge is 0.109 e. The van der Waals surface area contributed by atoms with Gasteiger partial charge in [-0.3, -0.25) is 5.32 Å². The molecule has 2 aromatic carbocycles. The SMILES string of the molecule is CC(N[C@H](Cl)c1cccc(I)c1)c1ccccc1. The summed E-state index contributed by atoms with van der Waals surface area (Å²) in [5.74, 6) is 0. The summed E-state index contributed by atoms with van der Waals surface area (Å²) < 4.78 is 1.20. The third-order valence-corrected chi connectivity index (χ3v) is 3.89. The van der Waals surface area contributed by atoms with Crippen molar-refractivity contribution in [3.63, 3.8) is 0 Å². The van der Waals surface area contributed by atoms with Gasteiger partial charge in [0.2, 0.25) is 0 Å². The molecule has 0 bridgehead atoms. The second-order valence-corrected chi connectivity index (χ2v) is 5.90. The number of hydrogen-bond donors (Lipinski definition) is 1. The van der Waals surface area contributed by atoms with Crippen LogP contribution in [-0.2, 0) is 0 Å². The molecule has 1 unspecified atom stereocenters. The minimum Gasteiger partial charge on any atom is -0.291 e. The van der Waals surface area contributed by atoms with Gasteiger partial charge < -0.3 is 0 Å². The van der Waals surface area contributed by atoms with Gasteiger partial charge in [-0.25, -0.2) is 0 Å². The molecule has 0 aliphatic carbocycles. The summed E-state index contributed by atoms with van der Waals surface area (Å²) in [5, 5.41) is 3.40. The Hall–Kier alpha value is -0.580. The normalized spacial score (nSPS) is 14.2. The van der Waals surface area contributed by atoms with E-state index in [2.05, 4.69) is 59.1 Å². The van der Waals surface area contributed by atoms with Gasteiger partial charge in [0.1, 0.15) is 5.50 Å². The Morgan fingerprint density at radius 2 is 1.67 bits per heavy atom. The van der Waals surface area contributed by atoms with Crippen LogP contribution in [0.4, 0.5) is 0 Å². The van der Waals surface area contributed by atoms with Gasteiger partial charge in [-0.1, -0.05) is 42.5 Å². The zero-order valence-electron chi connectivity index (χ0n) is 10.1. The van der Waals surface area contributed by atoms with Crippen molar-refractivity contribution in [3.05, 3.63) is 69.3 Å². The highest BCUT2D eigenvalue weighted by Crippen LogP contribution is 2.23. The minimum absolute atomic E-state index is 0.171. The predicted octanol–water partition coefficient (Wildman–Crippen LogP) is 4.88. The molecular weight excluding hydrogens is 357 g/mol. The van der Waals surface area contributed by atoms with Crippen molar-refractivity contribution in [1.82, 2.24) is 5.32 Å². The van der Waals surface area contributed by atoms with E-state index in [4.69, 9.17) is 11.6 Å². The monoisotopic (exact) mass is 371 g/mol. The van der Waals surface area contributed by atoms with E-state index < -0.39 is 0 Å². The largest absolute Gasteiger partial charge is 0.291 e. The van der Waals surface area contributed by atoms with Crippen LogP contribution in [0.15, 0.2) is 54.6 Å². The molecule has 2 rings (SSSR count). The van der Waals surface area contributed by atoms with Gasteiger partial charge in [-0.2, -0.15) is 0 Å². The lowest BCUT2D eigenvalue weighted by Crippen LogP contribution is -2.20. The Morgan fingerprint density at radius 1 is 1.00 bits per heavy atom. The van der Waals surface area contributed by atoms with E-state index in [0.717, 1.165) is 5.56 Å². The summed E-state index contributed by atoms with van der Waals surface area (Å²) in [4.78, 5) is 0. The van der Waals surface area contributed by atoms with Crippen LogP contribution in [0.25, 0.3) is 0 Å². The first-order valence-corrected chi connectivity index (χ1v) is 7.39. The maximum Gasteiger partial charge on any atom is 0.109 e. The van der Waals surface area contributed by atoms with E-state index in [-0.39, 0.29) is 11.5 Å². The molecule has 0 fully saturated rings. The summed E-state index contributed by atoms with van der Waals surface area (Å²) in [6.45, 7) is 2.12.